The van der Waals surface area contributed by atoms with Gasteiger partial charge in [0.25, 0.3) is 0 Å². The second kappa shape index (κ2) is 7.99. The van der Waals surface area contributed by atoms with Crippen molar-refractivity contribution in [3.63, 3.8) is 0 Å². The molecule has 0 atom stereocenters. The minimum Gasteiger partial charge on any atom is -0.303 e. The lowest BCUT2D eigenvalue weighted by Gasteiger charge is -2.34. The first kappa shape index (κ1) is 22.4. The van der Waals surface area contributed by atoms with Crippen molar-refractivity contribution in [2.24, 2.45) is 0 Å². The van der Waals surface area contributed by atoms with Crippen molar-refractivity contribution in [3.8, 4) is 6.07 Å². The van der Waals surface area contributed by atoms with E-state index >= 15 is 0 Å². The van der Waals surface area contributed by atoms with E-state index in [2.05, 4.69) is 24.8 Å². The summed E-state index contributed by atoms with van der Waals surface area (Å²) in [4.78, 5) is 15.8. The fourth-order valence-electron chi connectivity index (χ4n) is 4.92. The van der Waals surface area contributed by atoms with Gasteiger partial charge in [0.05, 0.1) is 22.3 Å². The van der Waals surface area contributed by atoms with Gasteiger partial charge in [-0.1, -0.05) is 33.8 Å². The number of carbonyl (C=O) groups is 1. The summed E-state index contributed by atoms with van der Waals surface area (Å²) < 4.78 is 26.1. The van der Waals surface area contributed by atoms with Crippen LogP contribution in [0.1, 0.15) is 60.3 Å². The molecule has 32 heavy (non-hydrogen) atoms. The molecule has 0 radical (unpaired) electrons. The second-order valence-electron chi connectivity index (χ2n) is 9.02. The molecule has 5 nitrogen and oxygen atoms in total. The molecule has 0 saturated heterocycles. The summed E-state index contributed by atoms with van der Waals surface area (Å²) in [5.41, 5.74) is 4.99. The van der Waals surface area contributed by atoms with Crippen molar-refractivity contribution in [2.75, 3.05) is 25.4 Å². The molecule has 0 N–H and O–H groups in total. The fraction of sp³-hybridized carbons (Fsp3) is 0.385. The molecule has 0 amide bonds. The molecule has 0 unspecified atom stereocenters. The molecule has 0 fully saturated rings. The maximum atomic E-state index is 13.5. The SMILES string of the molecule is CCN(CC)CCS(=O)(=O)c1ccc2c(c1)C(C)(C)C1=C(C2=O)c2ccc(C#N)cc2C1. The normalized spacial score (nSPS) is 16.6. The summed E-state index contributed by atoms with van der Waals surface area (Å²) in [6, 6.07) is 12.6. The highest BCUT2D eigenvalue weighted by atomic mass is 32.2. The molecule has 166 valence electrons. The summed E-state index contributed by atoms with van der Waals surface area (Å²) in [5.74, 6) is -0.0112. The van der Waals surface area contributed by atoms with Crippen LogP contribution in [0.5, 0.6) is 0 Å². The summed E-state index contributed by atoms with van der Waals surface area (Å²) in [6.07, 6.45) is 0.595. The van der Waals surface area contributed by atoms with Crippen molar-refractivity contribution in [3.05, 3.63) is 69.8 Å². The fourth-order valence-corrected chi connectivity index (χ4v) is 6.23. The number of rotatable bonds is 6. The van der Waals surface area contributed by atoms with Gasteiger partial charge in [0.2, 0.25) is 0 Å². The molecule has 0 aliphatic heterocycles. The third-order valence-electron chi connectivity index (χ3n) is 6.99. The molecule has 0 saturated carbocycles. The van der Waals surface area contributed by atoms with Crippen molar-refractivity contribution < 1.29 is 13.2 Å². The van der Waals surface area contributed by atoms with Gasteiger partial charge in [0.15, 0.2) is 15.6 Å². The Balaban J connectivity index is 1.74. The summed E-state index contributed by atoms with van der Waals surface area (Å²) in [5, 5.41) is 9.25. The van der Waals surface area contributed by atoms with Gasteiger partial charge < -0.3 is 4.90 Å². The molecule has 0 heterocycles. The molecule has 4 rings (SSSR count). The van der Waals surface area contributed by atoms with Gasteiger partial charge >= 0.3 is 0 Å². The Labute approximate surface area is 190 Å². The Hall–Kier alpha value is -2.75. The number of nitriles is 1. The van der Waals surface area contributed by atoms with E-state index < -0.39 is 15.3 Å². The Morgan fingerprint density at radius 2 is 1.75 bits per heavy atom. The van der Waals surface area contributed by atoms with Crippen LogP contribution in [0, 0.1) is 11.3 Å². The van der Waals surface area contributed by atoms with Crippen LogP contribution < -0.4 is 0 Å². The number of nitrogens with zero attached hydrogens (tertiary/aromatic N) is 2. The first-order valence-corrected chi connectivity index (χ1v) is 12.7. The number of fused-ring (bicyclic) bond motifs is 3. The Bertz CT molecular complexity index is 1290. The Morgan fingerprint density at radius 3 is 2.41 bits per heavy atom. The Kier molecular flexibility index (Phi) is 5.60. The number of carbonyl (C=O) groups excluding carboxylic acids is 1. The highest BCUT2D eigenvalue weighted by molar-refractivity contribution is 7.91. The van der Waals surface area contributed by atoms with E-state index in [1.165, 1.54) is 0 Å². The lowest BCUT2D eigenvalue weighted by atomic mass is 9.68. The minimum atomic E-state index is -3.47. The average molecular weight is 449 g/mol. The van der Waals surface area contributed by atoms with Gasteiger partial charge in [0.1, 0.15) is 0 Å². The van der Waals surface area contributed by atoms with E-state index in [-0.39, 0.29) is 16.4 Å². The van der Waals surface area contributed by atoms with Crippen molar-refractivity contribution >= 4 is 21.2 Å². The van der Waals surface area contributed by atoms with E-state index in [1.54, 1.807) is 24.3 Å². The molecule has 0 bridgehead atoms. The average Bonchev–Trinajstić information content (AvgIpc) is 3.18. The summed E-state index contributed by atoms with van der Waals surface area (Å²) in [7, 11) is -3.47. The predicted octanol–water partition coefficient (Wildman–Crippen LogP) is 4.16. The van der Waals surface area contributed by atoms with Gasteiger partial charge in [-0.3, -0.25) is 4.79 Å². The van der Waals surface area contributed by atoms with Crippen LogP contribution in [0.15, 0.2) is 46.9 Å². The quantitative estimate of drug-likeness (QED) is 0.663. The van der Waals surface area contributed by atoms with Crippen LogP contribution in [0.2, 0.25) is 0 Å². The van der Waals surface area contributed by atoms with E-state index in [0.29, 0.717) is 29.7 Å². The summed E-state index contributed by atoms with van der Waals surface area (Å²) in [6.45, 7) is 10.3. The van der Waals surface area contributed by atoms with Crippen LogP contribution >= 0.6 is 0 Å². The van der Waals surface area contributed by atoms with Gasteiger partial charge in [-0.15, -0.1) is 0 Å². The number of Topliss-reactive ketones (excluding diaryl/α,β-unsaturated/α-hetero) is 1. The third kappa shape index (κ3) is 3.50. The van der Waals surface area contributed by atoms with Gasteiger partial charge in [0, 0.05) is 23.1 Å². The standard InChI is InChI=1S/C26H28N2O3S/c1-5-28(6-2)11-12-32(30,31)19-8-10-21-22(15-19)26(3,4)23-14-18-13-17(16-27)7-9-20(18)24(23)25(21)29/h7-10,13,15H,5-6,11-12,14H2,1-4H3. The zero-order valence-electron chi connectivity index (χ0n) is 19.0. The number of sulfone groups is 1. The van der Waals surface area contributed by atoms with Gasteiger partial charge in [-0.05, 0) is 72.1 Å². The van der Waals surface area contributed by atoms with E-state index in [1.807, 2.05) is 26.0 Å². The first-order valence-electron chi connectivity index (χ1n) is 11.0. The van der Waals surface area contributed by atoms with Gasteiger partial charge in [-0.25, -0.2) is 8.42 Å². The van der Waals surface area contributed by atoms with E-state index in [9.17, 15) is 18.5 Å². The topological polar surface area (TPSA) is 78.2 Å². The van der Waals surface area contributed by atoms with Crippen LogP contribution in [0.3, 0.4) is 0 Å². The molecule has 2 aromatic carbocycles. The minimum absolute atomic E-state index is 0.0537. The highest BCUT2D eigenvalue weighted by Crippen LogP contribution is 2.50. The predicted molar refractivity (Wildman–Crippen MR) is 125 cm³/mol. The molecule has 2 aliphatic carbocycles. The third-order valence-corrected chi connectivity index (χ3v) is 8.69. The zero-order chi connectivity index (χ0) is 23.3. The van der Waals surface area contributed by atoms with E-state index in [0.717, 1.165) is 35.4 Å². The number of allylic oxidation sites excluding steroid dienone is 2. The van der Waals surface area contributed by atoms with Crippen LogP contribution in [-0.4, -0.2) is 44.5 Å². The lowest BCUT2D eigenvalue weighted by molar-refractivity contribution is 0.105. The highest BCUT2D eigenvalue weighted by Gasteiger charge is 2.43. The maximum absolute atomic E-state index is 13.5. The largest absolute Gasteiger partial charge is 0.303 e. The smallest absolute Gasteiger partial charge is 0.193 e. The van der Waals surface area contributed by atoms with Gasteiger partial charge in [-0.2, -0.15) is 5.26 Å². The molecule has 6 heteroatoms. The molecule has 0 aromatic heterocycles. The maximum Gasteiger partial charge on any atom is 0.193 e. The van der Waals surface area contributed by atoms with Crippen molar-refractivity contribution in [2.45, 2.75) is 44.4 Å². The molecule has 0 spiro atoms. The van der Waals surface area contributed by atoms with Crippen LogP contribution in [0.25, 0.3) is 5.57 Å². The molecule has 2 aromatic rings. The monoisotopic (exact) mass is 448 g/mol. The number of hydrogen-bond donors (Lipinski definition) is 0. The summed E-state index contributed by atoms with van der Waals surface area (Å²) >= 11 is 0. The Morgan fingerprint density at radius 1 is 1.06 bits per heavy atom. The number of benzene rings is 2. The number of hydrogen-bond acceptors (Lipinski definition) is 5. The van der Waals surface area contributed by atoms with Crippen LogP contribution in [0.4, 0.5) is 0 Å². The van der Waals surface area contributed by atoms with Crippen molar-refractivity contribution in [1.82, 2.24) is 4.90 Å². The second-order valence-corrected chi connectivity index (χ2v) is 11.1. The molecule has 2 aliphatic rings. The number of ketones is 1. The van der Waals surface area contributed by atoms with E-state index in [4.69, 9.17) is 0 Å². The molecular formula is C26H28N2O3S. The lowest BCUT2D eigenvalue weighted by Crippen LogP contribution is -2.31. The van der Waals surface area contributed by atoms with Crippen LogP contribution in [-0.2, 0) is 21.7 Å². The zero-order valence-corrected chi connectivity index (χ0v) is 19.8. The first-order chi connectivity index (χ1) is 15.1. The van der Waals surface area contributed by atoms with Crippen molar-refractivity contribution in [1.29, 1.82) is 5.26 Å². The molecular weight excluding hydrogens is 420 g/mol.